The lowest BCUT2D eigenvalue weighted by Crippen LogP contribution is -2.06. The standard InChI is InChI=1S/C22H22FNOS/c1-14-9-15(2)11-18(10-14)24-16(3)12-19(17(24)4)21(25)13-26-22-8-6-5-7-20(22)23/h5-12H,13H2,1-4H3. The second-order valence-electron chi connectivity index (χ2n) is 6.61. The first-order valence-corrected chi connectivity index (χ1v) is 9.53. The Morgan fingerprint density at radius 2 is 1.65 bits per heavy atom. The summed E-state index contributed by atoms with van der Waals surface area (Å²) in [5.74, 6) is -0.0501. The molecule has 2 aromatic carbocycles. The third-order valence-electron chi connectivity index (χ3n) is 4.39. The van der Waals surface area contributed by atoms with Gasteiger partial charge in [0.15, 0.2) is 5.78 Å². The third kappa shape index (κ3) is 3.75. The van der Waals surface area contributed by atoms with E-state index in [0.29, 0.717) is 10.5 Å². The smallest absolute Gasteiger partial charge is 0.174 e. The lowest BCUT2D eigenvalue weighted by atomic mass is 10.1. The molecule has 4 heteroatoms. The lowest BCUT2D eigenvalue weighted by molar-refractivity contribution is 0.102. The normalized spacial score (nSPS) is 11.0. The van der Waals surface area contributed by atoms with Crippen LogP contribution in [0.3, 0.4) is 0 Å². The number of carbonyl (C=O) groups is 1. The predicted molar refractivity (Wildman–Crippen MR) is 106 cm³/mol. The van der Waals surface area contributed by atoms with E-state index in [9.17, 15) is 9.18 Å². The van der Waals surface area contributed by atoms with Gasteiger partial charge in [-0.3, -0.25) is 4.79 Å². The van der Waals surface area contributed by atoms with Gasteiger partial charge in [-0.25, -0.2) is 4.39 Å². The molecule has 0 amide bonds. The molecule has 0 aliphatic carbocycles. The van der Waals surface area contributed by atoms with Crippen molar-refractivity contribution in [1.29, 1.82) is 0 Å². The van der Waals surface area contributed by atoms with Crippen molar-refractivity contribution in [2.45, 2.75) is 32.6 Å². The van der Waals surface area contributed by atoms with Crippen molar-refractivity contribution in [3.05, 3.63) is 82.4 Å². The molecule has 26 heavy (non-hydrogen) atoms. The first kappa shape index (κ1) is 18.5. The fraction of sp³-hybridized carbons (Fsp3) is 0.227. The van der Waals surface area contributed by atoms with Crippen LogP contribution in [-0.4, -0.2) is 16.1 Å². The molecule has 3 aromatic rings. The van der Waals surface area contributed by atoms with Gasteiger partial charge in [0.25, 0.3) is 0 Å². The number of rotatable bonds is 5. The SMILES string of the molecule is Cc1cc(C)cc(-n2c(C)cc(C(=O)CSc3ccccc3F)c2C)c1. The van der Waals surface area contributed by atoms with Crippen molar-refractivity contribution in [3.63, 3.8) is 0 Å². The van der Waals surface area contributed by atoms with Crippen molar-refractivity contribution in [2.75, 3.05) is 5.75 Å². The summed E-state index contributed by atoms with van der Waals surface area (Å²) in [6.07, 6.45) is 0. The Kier molecular flexibility index (Phi) is 5.33. The van der Waals surface area contributed by atoms with Gasteiger partial charge in [-0.15, -0.1) is 11.8 Å². The van der Waals surface area contributed by atoms with E-state index in [4.69, 9.17) is 0 Å². The van der Waals surface area contributed by atoms with Crippen LogP contribution in [0.1, 0.15) is 32.9 Å². The number of Topliss-reactive ketones (excluding diaryl/α,β-unsaturated/α-hetero) is 1. The fourth-order valence-electron chi connectivity index (χ4n) is 3.30. The molecule has 2 nitrogen and oxygen atoms in total. The minimum Gasteiger partial charge on any atom is -0.318 e. The topological polar surface area (TPSA) is 22.0 Å². The van der Waals surface area contributed by atoms with Crippen molar-refractivity contribution in [1.82, 2.24) is 4.57 Å². The van der Waals surface area contributed by atoms with Crippen LogP contribution < -0.4 is 0 Å². The van der Waals surface area contributed by atoms with Crippen LogP contribution in [-0.2, 0) is 0 Å². The van der Waals surface area contributed by atoms with Gasteiger partial charge in [0.05, 0.1) is 5.75 Å². The second kappa shape index (κ2) is 7.50. The Labute approximate surface area is 158 Å². The van der Waals surface area contributed by atoms with E-state index in [1.165, 1.54) is 29.0 Å². The van der Waals surface area contributed by atoms with Crippen molar-refractivity contribution in [2.24, 2.45) is 0 Å². The number of carbonyl (C=O) groups excluding carboxylic acids is 1. The van der Waals surface area contributed by atoms with Crippen LogP contribution in [0.4, 0.5) is 4.39 Å². The molecule has 3 rings (SSSR count). The highest BCUT2D eigenvalue weighted by Gasteiger charge is 2.17. The maximum absolute atomic E-state index is 13.8. The molecular weight excluding hydrogens is 345 g/mol. The molecule has 0 radical (unpaired) electrons. The lowest BCUT2D eigenvalue weighted by Gasteiger charge is -2.12. The van der Waals surface area contributed by atoms with E-state index < -0.39 is 0 Å². The van der Waals surface area contributed by atoms with Gasteiger partial charge < -0.3 is 4.57 Å². The van der Waals surface area contributed by atoms with Crippen molar-refractivity contribution >= 4 is 17.5 Å². The van der Waals surface area contributed by atoms with Crippen LogP contribution in [0.2, 0.25) is 0 Å². The summed E-state index contributed by atoms with van der Waals surface area (Å²) in [6.45, 7) is 8.11. The zero-order chi connectivity index (χ0) is 18.8. The molecule has 0 fully saturated rings. The van der Waals surface area contributed by atoms with Crippen LogP contribution >= 0.6 is 11.8 Å². The summed E-state index contributed by atoms with van der Waals surface area (Å²) >= 11 is 1.24. The molecule has 0 aliphatic heterocycles. The van der Waals surface area contributed by atoms with Crippen molar-refractivity contribution in [3.8, 4) is 5.69 Å². The van der Waals surface area contributed by atoms with Crippen LogP contribution in [0.5, 0.6) is 0 Å². The van der Waals surface area contributed by atoms with E-state index >= 15 is 0 Å². The van der Waals surface area contributed by atoms with Crippen LogP contribution in [0, 0.1) is 33.5 Å². The molecule has 0 aliphatic rings. The van der Waals surface area contributed by atoms with E-state index in [1.807, 2.05) is 19.9 Å². The summed E-state index contributed by atoms with van der Waals surface area (Å²) in [5, 5.41) is 0. The monoisotopic (exact) mass is 367 g/mol. The first-order valence-electron chi connectivity index (χ1n) is 8.55. The maximum atomic E-state index is 13.8. The number of halogens is 1. The summed E-state index contributed by atoms with van der Waals surface area (Å²) < 4.78 is 15.9. The van der Waals surface area contributed by atoms with Gasteiger partial charge in [-0.05, 0) is 69.2 Å². The number of nitrogens with zero attached hydrogens (tertiary/aromatic N) is 1. The highest BCUT2D eigenvalue weighted by Crippen LogP contribution is 2.26. The Bertz CT molecular complexity index is 954. The van der Waals surface area contributed by atoms with Gasteiger partial charge in [-0.1, -0.05) is 18.2 Å². The zero-order valence-electron chi connectivity index (χ0n) is 15.5. The highest BCUT2D eigenvalue weighted by atomic mass is 32.2. The predicted octanol–water partition coefficient (Wildman–Crippen LogP) is 5.83. The first-order chi connectivity index (χ1) is 12.4. The summed E-state index contributed by atoms with van der Waals surface area (Å²) in [4.78, 5) is 13.2. The molecule has 0 saturated heterocycles. The van der Waals surface area contributed by atoms with Gasteiger partial charge in [0, 0.05) is 27.5 Å². The van der Waals surface area contributed by atoms with Crippen molar-refractivity contribution < 1.29 is 9.18 Å². The number of hydrogen-bond acceptors (Lipinski definition) is 2. The number of benzene rings is 2. The number of hydrogen-bond donors (Lipinski definition) is 0. The van der Waals surface area contributed by atoms with E-state index in [2.05, 4.69) is 36.6 Å². The van der Waals surface area contributed by atoms with Gasteiger partial charge in [-0.2, -0.15) is 0 Å². The quantitative estimate of drug-likeness (QED) is 0.418. The summed E-state index contributed by atoms with van der Waals surface area (Å²) in [5.41, 5.74) is 6.09. The van der Waals surface area contributed by atoms with Gasteiger partial charge in [0.2, 0.25) is 0 Å². The largest absolute Gasteiger partial charge is 0.318 e. The molecule has 1 heterocycles. The average molecular weight is 367 g/mol. The Morgan fingerprint density at radius 1 is 1.00 bits per heavy atom. The Hall–Kier alpha value is -2.33. The molecule has 0 N–H and O–H groups in total. The number of aryl methyl sites for hydroxylation is 3. The average Bonchev–Trinajstić information content (AvgIpc) is 2.87. The number of aromatic nitrogens is 1. The molecule has 134 valence electrons. The fourth-order valence-corrected chi connectivity index (χ4v) is 4.13. The molecule has 0 saturated carbocycles. The van der Waals surface area contributed by atoms with Gasteiger partial charge >= 0.3 is 0 Å². The Balaban J connectivity index is 1.87. The molecule has 1 aromatic heterocycles. The van der Waals surface area contributed by atoms with Gasteiger partial charge in [0.1, 0.15) is 5.82 Å². The van der Waals surface area contributed by atoms with Crippen LogP contribution in [0.15, 0.2) is 53.4 Å². The number of thioether (sulfide) groups is 1. The third-order valence-corrected chi connectivity index (χ3v) is 5.44. The van der Waals surface area contributed by atoms with E-state index in [-0.39, 0.29) is 17.4 Å². The van der Waals surface area contributed by atoms with E-state index in [1.54, 1.807) is 18.2 Å². The second-order valence-corrected chi connectivity index (χ2v) is 7.63. The molecule has 0 spiro atoms. The van der Waals surface area contributed by atoms with E-state index in [0.717, 1.165) is 17.1 Å². The number of ketones is 1. The maximum Gasteiger partial charge on any atom is 0.174 e. The highest BCUT2D eigenvalue weighted by molar-refractivity contribution is 8.00. The summed E-state index contributed by atoms with van der Waals surface area (Å²) in [6, 6.07) is 14.8. The molecule has 0 bridgehead atoms. The minimum atomic E-state index is -0.286. The molecule has 0 atom stereocenters. The zero-order valence-corrected chi connectivity index (χ0v) is 16.3. The Morgan fingerprint density at radius 3 is 2.31 bits per heavy atom. The molecule has 0 unspecified atom stereocenters. The molecular formula is C22H22FNOS. The summed E-state index contributed by atoms with van der Waals surface area (Å²) in [7, 11) is 0. The van der Waals surface area contributed by atoms with Crippen LogP contribution in [0.25, 0.3) is 5.69 Å². The minimum absolute atomic E-state index is 0.0157.